The summed E-state index contributed by atoms with van der Waals surface area (Å²) in [5.74, 6) is 0.831. The summed E-state index contributed by atoms with van der Waals surface area (Å²) in [5.41, 5.74) is 5.72. The van der Waals surface area contributed by atoms with Crippen LogP contribution in [0.1, 0.15) is 16.7 Å². The van der Waals surface area contributed by atoms with E-state index in [0.29, 0.717) is 0 Å². The number of hydrogen-bond donors (Lipinski definition) is 1. The van der Waals surface area contributed by atoms with Crippen molar-refractivity contribution < 1.29 is 0 Å². The van der Waals surface area contributed by atoms with E-state index in [4.69, 9.17) is 0 Å². The van der Waals surface area contributed by atoms with Gasteiger partial charge in [0.1, 0.15) is 0 Å². The lowest BCUT2D eigenvalue weighted by Gasteiger charge is -2.07. The van der Waals surface area contributed by atoms with Gasteiger partial charge >= 0.3 is 0 Å². The molecule has 0 atom stereocenters. The van der Waals surface area contributed by atoms with Crippen LogP contribution in [-0.2, 0) is 0 Å². The first-order valence-electron chi connectivity index (χ1n) is 5.71. The molecule has 88 valence electrons. The van der Waals surface area contributed by atoms with Gasteiger partial charge in [0, 0.05) is 12.6 Å². The molecular weight excluding hydrogens is 210 g/mol. The summed E-state index contributed by atoms with van der Waals surface area (Å²) in [7, 11) is 1.85. The first-order chi connectivity index (χ1) is 8.11. The van der Waals surface area contributed by atoms with E-state index >= 15 is 0 Å². The van der Waals surface area contributed by atoms with Crippen molar-refractivity contribution in [3.8, 4) is 11.3 Å². The molecule has 0 aliphatic carbocycles. The number of nitrogens with zero attached hydrogens (tertiary/aromatic N) is 2. The first kappa shape index (κ1) is 11.6. The van der Waals surface area contributed by atoms with Crippen LogP contribution in [0, 0.1) is 20.8 Å². The van der Waals surface area contributed by atoms with Crippen LogP contribution in [0.25, 0.3) is 11.3 Å². The van der Waals surface area contributed by atoms with E-state index in [9.17, 15) is 0 Å². The zero-order valence-electron chi connectivity index (χ0n) is 10.7. The highest BCUT2D eigenvalue weighted by molar-refractivity contribution is 5.63. The Bertz CT molecular complexity index is 547. The number of hydrogen-bond acceptors (Lipinski definition) is 3. The third kappa shape index (κ3) is 2.28. The average Bonchev–Trinajstić information content (AvgIpc) is 2.32. The Hall–Kier alpha value is -1.90. The van der Waals surface area contributed by atoms with Gasteiger partial charge in [-0.1, -0.05) is 12.1 Å². The van der Waals surface area contributed by atoms with Crippen LogP contribution in [-0.4, -0.2) is 17.2 Å². The van der Waals surface area contributed by atoms with Gasteiger partial charge < -0.3 is 5.32 Å². The summed E-state index contributed by atoms with van der Waals surface area (Å²) < 4.78 is 0. The summed E-state index contributed by atoms with van der Waals surface area (Å²) in [5, 5.41) is 11.4. The Morgan fingerprint density at radius 2 is 1.65 bits per heavy atom. The number of anilines is 1. The lowest BCUT2D eigenvalue weighted by atomic mass is 10.0. The SMILES string of the molecule is CNc1nnc(-c2ccc(C)c(C)c2)cc1C. The second-order valence-electron chi connectivity index (χ2n) is 4.31. The molecule has 0 saturated heterocycles. The van der Waals surface area contributed by atoms with Crippen molar-refractivity contribution in [1.82, 2.24) is 10.2 Å². The smallest absolute Gasteiger partial charge is 0.151 e. The van der Waals surface area contributed by atoms with E-state index < -0.39 is 0 Å². The Labute approximate surface area is 102 Å². The zero-order valence-corrected chi connectivity index (χ0v) is 10.7. The molecule has 0 amide bonds. The Balaban J connectivity index is 2.46. The van der Waals surface area contributed by atoms with E-state index in [2.05, 4.69) is 53.6 Å². The van der Waals surface area contributed by atoms with Gasteiger partial charge in [0.25, 0.3) is 0 Å². The lowest BCUT2D eigenvalue weighted by Crippen LogP contribution is -1.99. The summed E-state index contributed by atoms with van der Waals surface area (Å²) in [6.07, 6.45) is 0. The second-order valence-corrected chi connectivity index (χ2v) is 4.31. The maximum atomic E-state index is 4.24. The van der Waals surface area contributed by atoms with E-state index in [1.165, 1.54) is 11.1 Å². The molecule has 3 nitrogen and oxygen atoms in total. The highest BCUT2D eigenvalue weighted by atomic mass is 15.2. The van der Waals surface area contributed by atoms with Gasteiger partial charge in [-0.2, -0.15) is 0 Å². The molecule has 0 radical (unpaired) electrons. The van der Waals surface area contributed by atoms with Gasteiger partial charge in [0.2, 0.25) is 0 Å². The maximum Gasteiger partial charge on any atom is 0.151 e. The average molecular weight is 227 g/mol. The summed E-state index contributed by atoms with van der Waals surface area (Å²) in [6.45, 7) is 6.26. The van der Waals surface area contributed by atoms with E-state index in [-0.39, 0.29) is 0 Å². The standard InChI is InChI=1S/C14H17N3/c1-9-5-6-12(7-10(9)2)13-8-11(3)14(15-4)17-16-13/h5-8H,1-4H3,(H,15,17). The molecular formula is C14H17N3. The molecule has 0 aliphatic heterocycles. The fourth-order valence-electron chi connectivity index (χ4n) is 1.77. The van der Waals surface area contributed by atoms with Crippen LogP contribution < -0.4 is 5.32 Å². The summed E-state index contributed by atoms with van der Waals surface area (Å²) in [4.78, 5) is 0. The number of aryl methyl sites for hydroxylation is 3. The molecule has 1 aromatic carbocycles. The molecule has 2 aromatic rings. The monoisotopic (exact) mass is 227 g/mol. The van der Waals surface area contributed by atoms with Gasteiger partial charge in [0.15, 0.2) is 5.82 Å². The van der Waals surface area contributed by atoms with Crippen LogP contribution in [0.15, 0.2) is 24.3 Å². The van der Waals surface area contributed by atoms with Gasteiger partial charge in [-0.25, -0.2) is 0 Å². The normalized spacial score (nSPS) is 10.4. The number of nitrogens with one attached hydrogen (secondary N) is 1. The van der Waals surface area contributed by atoms with Gasteiger partial charge in [-0.15, -0.1) is 10.2 Å². The van der Waals surface area contributed by atoms with Gasteiger partial charge in [0.05, 0.1) is 5.69 Å². The van der Waals surface area contributed by atoms with Crippen molar-refractivity contribution in [2.75, 3.05) is 12.4 Å². The molecule has 0 unspecified atom stereocenters. The van der Waals surface area contributed by atoms with Crippen LogP contribution in [0.4, 0.5) is 5.82 Å². The number of aromatic nitrogens is 2. The molecule has 3 heteroatoms. The molecule has 2 rings (SSSR count). The van der Waals surface area contributed by atoms with Crippen molar-refractivity contribution in [2.45, 2.75) is 20.8 Å². The molecule has 1 aromatic heterocycles. The number of benzene rings is 1. The summed E-state index contributed by atoms with van der Waals surface area (Å²) in [6, 6.07) is 8.42. The van der Waals surface area contributed by atoms with E-state index in [1.807, 2.05) is 14.0 Å². The largest absolute Gasteiger partial charge is 0.371 e. The molecule has 0 bridgehead atoms. The van der Waals surface area contributed by atoms with Crippen molar-refractivity contribution in [3.63, 3.8) is 0 Å². The molecule has 0 saturated carbocycles. The first-order valence-corrected chi connectivity index (χ1v) is 5.71. The Morgan fingerprint density at radius 1 is 0.882 bits per heavy atom. The van der Waals surface area contributed by atoms with Crippen LogP contribution in [0.2, 0.25) is 0 Å². The predicted molar refractivity (Wildman–Crippen MR) is 71.2 cm³/mol. The fraction of sp³-hybridized carbons (Fsp3) is 0.286. The Kier molecular flexibility index (Phi) is 3.09. The van der Waals surface area contributed by atoms with Crippen molar-refractivity contribution in [1.29, 1.82) is 0 Å². The Morgan fingerprint density at radius 3 is 2.24 bits per heavy atom. The number of rotatable bonds is 2. The molecule has 17 heavy (non-hydrogen) atoms. The zero-order chi connectivity index (χ0) is 12.4. The third-order valence-corrected chi connectivity index (χ3v) is 3.02. The minimum absolute atomic E-state index is 0.831. The molecule has 1 heterocycles. The van der Waals surface area contributed by atoms with Crippen molar-refractivity contribution in [3.05, 3.63) is 41.0 Å². The quantitative estimate of drug-likeness (QED) is 0.856. The highest BCUT2D eigenvalue weighted by Crippen LogP contribution is 2.22. The van der Waals surface area contributed by atoms with E-state index in [1.54, 1.807) is 0 Å². The molecule has 0 spiro atoms. The van der Waals surface area contributed by atoms with Crippen molar-refractivity contribution in [2.24, 2.45) is 0 Å². The predicted octanol–water partition coefficient (Wildman–Crippen LogP) is 3.11. The molecule has 0 aliphatic rings. The minimum atomic E-state index is 0.831. The topological polar surface area (TPSA) is 37.8 Å². The fourth-order valence-corrected chi connectivity index (χ4v) is 1.77. The second kappa shape index (κ2) is 4.53. The molecule has 0 fully saturated rings. The highest BCUT2D eigenvalue weighted by Gasteiger charge is 2.05. The van der Waals surface area contributed by atoms with Gasteiger partial charge in [-0.3, -0.25) is 0 Å². The van der Waals surface area contributed by atoms with Crippen LogP contribution in [0.5, 0.6) is 0 Å². The maximum absolute atomic E-state index is 4.24. The van der Waals surface area contributed by atoms with Crippen LogP contribution >= 0.6 is 0 Å². The minimum Gasteiger partial charge on any atom is -0.371 e. The summed E-state index contributed by atoms with van der Waals surface area (Å²) >= 11 is 0. The lowest BCUT2D eigenvalue weighted by molar-refractivity contribution is 1.02. The van der Waals surface area contributed by atoms with E-state index in [0.717, 1.165) is 22.6 Å². The van der Waals surface area contributed by atoms with Crippen LogP contribution in [0.3, 0.4) is 0 Å². The molecule has 1 N–H and O–H groups in total. The van der Waals surface area contributed by atoms with Crippen molar-refractivity contribution >= 4 is 5.82 Å². The third-order valence-electron chi connectivity index (χ3n) is 3.02. The van der Waals surface area contributed by atoms with Gasteiger partial charge in [-0.05, 0) is 49.6 Å².